The first-order valence-electron chi connectivity index (χ1n) is 15.3. The number of aliphatic hydroxyl groups is 1. The Balaban J connectivity index is 1.71. The summed E-state index contributed by atoms with van der Waals surface area (Å²) in [6.45, 7) is 2.09. The molecule has 232 valence electrons. The van der Waals surface area contributed by atoms with E-state index in [1.807, 2.05) is 84.9 Å². The molecule has 0 radical (unpaired) electrons. The number of halogens is 2. The van der Waals surface area contributed by atoms with Crippen molar-refractivity contribution in [3.63, 3.8) is 0 Å². The number of fused-ring (bicyclic) bond motifs is 2. The molecule has 2 amide bonds. The van der Waals surface area contributed by atoms with Crippen LogP contribution in [0.15, 0.2) is 103 Å². The SMILES string of the molecule is CCCC1N(C(c2ccccc2)C(O)c2ccccc2)C(C(=O)N(C)C)C(c2cccc(Cl)c2)C12C(=O)Nc1cc(Cl)ccc12. The molecule has 2 heterocycles. The van der Waals surface area contributed by atoms with Gasteiger partial charge in [0.1, 0.15) is 5.41 Å². The van der Waals surface area contributed by atoms with Crippen molar-refractivity contribution >= 4 is 40.7 Å². The van der Waals surface area contributed by atoms with Crippen LogP contribution in [0, 0.1) is 0 Å². The smallest absolute Gasteiger partial charge is 0.240 e. The molecule has 4 aromatic rings. The molecule has 45 heavy (non-hydrogen) atoms. The van der Waals surface area contributed by atoms with Crippen molar-refractivity contribution in [3.05, 3.63) is 135 Å². The van der Waals surface area contributed by atoms with Gasteiger partial charge in [0.2, 0.25) is 11.8 Å². The average molecular weight is 643 g/mol. The van der Waals surface area contributed by atoms with Crippen LogP contribution in [0.2, 0.25) is 10.0 Å². The van der Waals surface area contributed by atoms with Crippen LogP contribution >= 0.6 is 23.2 Å². The Morgan fingerprint density at radius 3 is 2.18 bits per heavy atom. The number of amides is 2. The molecule has 0 bridgehead atoms. The van der Waals surface area contributed by atoms with E-state index in [0.717, 1.165) is 28.7 Å². The van der Waals surface area contributed by atoms with Crippen LogP contribution in [-0.2, 0) is 15.0 Å². The normalized spacial score (nSPS) is 23.9. The van der Waals surface area contributed by atoms with Crippen molar-refractivity contribution < 1.29 is 14.7 Å². The zero-order chi connectivity index (χ0) is 31.9. The number of likely N-dealkylation sites (tertiary alicyclic amines) is 1. The lowest BCUT2D eigenvalue weighted by molar-refractivity contribution is -0.136. The fourth-order valence-electron chi connectivity index (χ4n) is 7.72. The van der Waals surface area contributed by atoms with E-state index in [1.165, 1.54) is 0 Å². The summed E-state index contributed by atoms with van der Waals surface area (Å²) >= 11 is 13.1. The minimum Gasteiger partial charge on any atom is -0.386 e. The van der Waals surface area contributed by atoms with Gasteiger partial charge in [-0.25, -0.2) is 0 Å². The molecular formula is C37H37Cl2N3O3. The van der Waals surface area contributed by atoms with E-state index in [0.29, 0.717) is 22.2 Å². The van der Waals surface area contributed by atoms with Crippen molar-refractivity contribution in [3.8, 4) is 0 Å². The number of carbonyl (C=O) groups is 2. The summed E-state index contributed by atoms with van der Waals surface area (Å²) in [5.41, 5.74) is 2.59. The first-order chi connectivity index (χ1) is 21.7. The third kappa shape index (κ3) is 5.24. The molecule has 2 aliphatic rings. The summed E-state index contributed by atoms with van der Waals surface area (Å²) in [7, 11) is 3.48. The molecule has 2 N–H and O–H groups in total. The van der Waals surface area contributed by atoms with Crippen molar-refractivity contribution in [1.82, 2.24) is 9.80 Å². The zero-order valence-electron chi connectivity index (χ0n) is 25.5. The standard InChI is InChI=1S/C37H37Cl2N3O3/c1-4-12-30-37(28-20-19-27(39)22-29(28)40-36(37)45)31(25-17-11-18-26(38)21-25)33(35(44)41(2)3)42(30)32(23-13-7-5-8-14-23)34(43)24-15-9-6-10-16-24/h5-11,13-22,30-34,43H,4,12H2,1-3H3,(H,40,45). The van der Waals surface area contributed by atoms with Gasteiger partial charge < -0.3 is 15.3 Å². The van der Waals surface area contributed by atoms with E-state index in [-0.39, 0.29) is 11.8 Å². The maximum Gasteiger partial charge on any atom is 0.240 e. The van der Waals surface area contributed by atoms with Crippen LogP contribution < -0.4 is 5.32 Å². The molecule has 0 aromatic heterocycles. The first kappa shape index (κ1) is 31.3. The van der Waals surface area contributed by atoms with Crippen LogP contribution in [0.4, 0.5) is 5.69 Å². The van der Waals surface area contributed by atoms with Gasteiger partial charge in [0.15, 0.2) is 0 Å². The Labute approximate surface area is 274 Å². The summed E-state index contributed by atoms with van der Waals surface area (Å²) in [6, 6.07) is 30.3. The van der Waals surface area contributed by atoms with Gasteiger partial charge in [-0.15, -0.1) is 0 Å². The summed E-state index contributed by atoms with van der Waals surface area (Å²) < 4.78 is 0. The molecule has 4 aromatic carbocycles. The first-order valence-corrected chi connectivity index (χ1v) is 16.1. The highest BCUT2D eigenvalue weighted by Crippen LogP contribution is 2.62. The highest BCUT2D eigenvalue weighted by Gasteiger charge is 2.69. The van der Waals surface area contributed by atoms with Gasteiger partial charge in [-0.2, -0.15) is 0 Å². The summed E-state index contributed by atoms with van der Waals surface area (Å²) in [4.78, 5) is 33.2. The Kier molecular flexibility index (Phi) is 8.77. The molecule has 8 heteroatoms. The Morgan fingerprint density at radius 1 is 0.911 bits per heavy atom. The van der Waals surface area contributed by atoms with E-state index in [2.05, 4.69) is 17.1 Å². The molecule has 6 rings (SSSR count). The van der Waals surface area contributed by atoms with E-state index in [1.54, 1.807) is 37.2 Å². The topological polar surface area (TPSA) is 72.9 Å². The second-order valence-corrected chi connectivity index (χ2v) is 13.1. The molecule has 1 spiro atoms. The maximum atomic E-state index is 14.8. The van der Waals surface area contributed by atoms with Crippen molar-refractivity contribution in [2.24, 2.45) is 0 Å². The van der Waals surface area contributed by atoms with Crippen LogP contribution in [0.5, 0.6) is 0 Å². The Hall–Kier alpha value is -3.68. The van der Waals surface area contributed by atoms with Crippen LogP contribution in [-0.4, -0.2) is 52.9 Å². The van der Waals surface area contributed by atoms with Gasteiger partial charge >= 0.3 is 0 Å². The predicted octanol–water partition coefficient (Wildman–Crippen LogP) is 7.38. The minimum atomic E-state index is -1.19. The Morgan fingerprint density at radius 2 is 1.56 bits per heavy atom. The minimum absolute atomic E-state index is 0.158. The van der Waals surface area contributed by atoms with Crippen LogP contribution in [0.3, 0.4) is 0 Å². The van der Waals surface area contributed by atoms with Crippen LogP contribution in [0.1, 0.15) is 60.1 Å². The molecule has 6 nitrogen and oxygen atoms in total. The van der Waals surface area contributed by atoms with Crippen LogP contribution in [0.25, 0.3) is 0 Å². The molecule has 1 fully saturated rings. The lowest BCUT2D eigenvalue weighted by Crippen LogP contribution is -2.51. The summed E-state index contributed by atoms with van der Waals surface area (Å²) in [5, 5.41) is 16.5. The average Bonchev–Trinajstić information content (AvgIpc) is 3.49. The molecule has 0 saturated carbocycles. The number of nitrogens with zero attached hydrogens (tertiary/aromatic N) is 2. The summed E-state index contributed by atoms with van der Waals surface area (Å²) in [5.74, 6) is -0.989. The number of aliphatic hydroxyl groups excluding tert-OH is 1. The Bertz CT molecular complexity index is 1700. The van der Waals surface area contributed by atoms with E-state index >= 15 is 0 Å². The molecular weight excluding hydrogens is 605 g/mol. The largest absolute Gasteiger partial charge is 0.386 e. The number of hydrogen-bond acceptors (Lipinski definition) is 4. The fourth-order valence-corrected chi connectivity index (χ4v) is 8.09. The number of hydrogen-bond donors (Lipinski definition) is 2. The monoisotopic (exact) mass is 641 g/mol. The van der Waals surface area contributed by atoms with Gasteiger partial charge in [-0.1, -0.05) is 115 Å². The van der Waals surface area contributed by atoms with Gasteiger partial charge in [-0.05, 0) is 52.9 Å². The number of rotatable bonds is 8. The van der Waals surface area contributed by atoms with Gasteiger partial charge in [0, 0.05) is 41.8 Å². The third-order valence-electron chi connectivity index (χ3n) is 9.43. The number of anilines is 1. The zero-order valence-corrected chi connectivity index (χ0v) is 27.0. The quantitative estimate of drug-likeness (QED) is 0.210. The molecule has 6 unspecified atom stereocenters. The second kappa shape index (κ2) is 12.6. The maximum absolute atomic E-state index is 14.8. The molecule has 2 aliphatic heterocycles. The fraction of sp³-hybridized carbons (Fsp3) is 0.297. The van der Waals surface area contributed by atoms with E-state index < -0.39 is 35.6 Å². The van der Waals surface area contributed by atoms with E-state index in [9.17, 15) is 14.7 Å². The van der Waals surface area contributed by atoms with Gasteiger partial charge in [0.05, 0.1) is 18.2 Å². The highest BCUT2D eigenvalue weighted by molar-refractivity contribution is 6.31. The molecule has 1 saturated heterocycles. The number of carbonyl (C=O) groups excluding carboxylic acids is 2. The summed E-state index contributed by atoms with van der Waals surface area (Å²) in [6.07, 6.45) is 0.330. The molecule has 0 aliphatic carbocycles. The second-order valence-electron chi connectivity index (χ2n) is 12.2. The molecule has 6 atom stereocenters. The van der Waals surface area contributed by atoms with Gasteiger partial charge in [-0.3, -0.25) is 14.5 Å². The van der Waals surface area contributed by atoms with Gasteiger partial charge in [0.25, 0.3) is 0 Å². The highest BCUT2D eigenvalue weighted by atomic mass is 35.5. The van der Waals surface area contributed by atoms with E-state index in [4.69, 9.17) is 23.2 Å². The third-order valence-corrected chi connectivity index (χ3v) is 9.90. The predicted molar refractivity (Wildman–Crippen MR) is 180 cm³/mol. The number of benzene rings is 4. The number of nitrogens with one attached hydrogen (secondary N) is 1. The number of likely N-dealkylation sites (N-methyl/N-ethyl adjacent to an activating group) is 1. The van der Waals surface area contributed by atoms with Crippen molar-refractivity contribution in [2.45, 2.75) is 55.3 Å². The van der Waals surface area contributed by atoms with Crippen molar-refractivity contribution in [1.29, 1.82) is 0 Å². The lowest BCUT2D eigenvalue weighted by atomic mass is 9.64. The van der Waals surface area contributed by atoms with Crippen molar-refractivity contribution in [2.75, 3.05) is 19.4 Å². The lowest BCUT2D eigenvalue weighted by Gasteiger charge is -2.42.